The Hall–Kier alpha value is -0.660. The van der Waals surface area contributed by atoms with Gasteiger partial charge in [0.05, 0.1) is 10.6 Å². The first-order valence-corrected chi connectivity index (χ1v) is 5.70. The molecule has 0 amide bonds. The van der Waals surface area contributed by atoms with E-state index in [1.54, 1.807) is 0 Å². The van der Waals surface area contributed by atoms with Gasteiger partial charge in [-0.2, -0.15) is 13.2 Å². The Kier molecular flexibility index (Phi) is 5.12. The Labute approximate surface area is 113 Å². The van der Waals surface area contributed by atoms with E-state index in [2.05, 4.69) is 20.7 Å². The smallest absolute Gasteiger partial charge is 0.364 e. The molecule has 0 aliphatic carbocycles. The fourth-order valence-corrected chi connectivity index (χ4v) is 1.55. The van der Waals surface area contributed by atoms with Gasteiger partial charge >= 0.3 is 6.18 Å². The monoisotopic (exact) mass is 348 g/mol. The van der Waals surface area contributed by atoms with Crippen LogP contribution in [0.25, 0.3) is 0 Å². The van der Waals surface area contributed by atoms with Crippen molar-refractivity contribution in [2.75, 3.05) is 13.2 Å². The highest BCUT2D eigenvalue weighted by atomic mass is 79.9. The predicted octanol–water partition coefficient (Wildman–Crippen LogP) is 4.00. The first-order chi connectivity index (χ1) is 8.20. The van der Waals surface area contributed by atoms with Crippen molar-refractivity contribution in [3.63, 3.8) is 0 Å². The summed E-state index contributed by atoms with van der Waals surface area (Å²) in [6, 6.07) is 1.99. The number of halogens is 6. The van der Waals surface area contributed by atoms with Gasteiger partial charge in [-0.3, -0.25) is 4.79 Å². The minimum atomic E-state index is -4.53. The highest BCUT2D eigenvalue weighted by Crippen LogP contribution is 2.26. The molecule has 0 atom stereocenters. The molecule has 18 heavy (non-hydrogen) atoms. The molecule has 0 aliphatic heterocycles. The van der Waals surface area contributed by atoms with Crippen LogP contribution in [0.3, 0.4) is 0 Å². The largest absolute Gasteiger partial charge is 0.411 e. The quantitative estimate of drug-likeness (QED) is 0.466. The lowest BCUT2D eigenvalue weighted by molar-refractivity contribution is -0.170. The Morgan fingerprint density at radius 3 is 2.56 bits per heavy atom. The first-order valence-electron chi connectivity index (χ1n) is 4.53. The lowest BCUT2D eigenvalue weighted by Gasteiger charge is -2.08. The summed E-state index contributed by atoms with van der Waals surface area (Å²) in [5.74, 6) is -1.79. The number of carbonyl (C=O) groups excluding carboxylic acids is 1. The number of alkyl halides is 3. The topological polar surface area (TPSA) is 26.3 Å². The van der Waals surface area contributed by atoms with Crippen molar-refractivity contribution in [2.45, 2.75) is 6.18 Å². The summed E-state index contributed by atoms with van der Waals surface area (Å²) in [5, 5.41) is 0.0792. The summed E-state index contributed by atoms with van der Waals surface area (Å²) in [6.07, 6.45) is -4.53. The second-order valence-electron chi connectivity index (χ2n) is 3.28. The van der Waals surface area contributed by atoms with E-state index in [4.69, 9.17) is 11.6 Å². The van der Waals surface area contributed by atoms with Crippen molar-refractivity contribution in [3.05, 3.63) is 33.0 Å². The van der Waals surface area contributed by atoms with E-state index < -0.39 is 36.6 Å². The molecule has 2 nitrogen and oxygen atoms in total. The third-order valence-electron chi connectivity index (χ3n) is 1.81. The molecule has 1 rings (SSSR count). The van der Waals surface area contributed by atoms with Crippen molar-refractivity contribution in [3.8, 4) is 0 Å². The molecule has 0 N–H and O–H groups in total. The van der Waals surface area contributed by atoms with Crippen LogP contribution in [0.1, 0.15) is 10.4 Å². The van der Waals surface area contributed by atoms with Crippen molar-refractivity contribution in [2.24, 2.45) is 0 Å². The third kappa shape index (κ3) is 4.55. The molecular formula is C10H6BrClF4O2. The number of carbonyl (C=O) groups is 1. The summed E-state index contributed by atoms with van der Waals surface area (Å²) in [7, 11) is 0. The highest BCUT2D eigenvalue weighted by molar-refractivity contribution is 9.10. The van der Waals surface area contributed by atoms with Crippen LogP contribution in [0, 0.1) is 5.82 Å². The second-order valence-corrected chi connectivity index (χ2v) is 4.54. The fourth-order valence-electron chi connectivity index (χ4n) is 1.07. The Balaban J connectivity index is 2.70. The summed E-state index contributed by atoms with van der Waals surface area (Å²) in [4.78, 5) is 11.4. The molecule has 0 unspecified atom stereocenters. The van der Waals surface area contributed by atoms with E-state index in [9.17, 15) is 22.4 Å². The maximum absolute atomic E-state index is 13.4. The van der Waals surface area contributed by atoms with E-state index >= 15 is 0 Å². The zero-order chi connectivity index (χ0) is 13.9. The number of Topliss-reactive ketones (excluding diaryl/α,β-unsaturated/α-hetero) is 1. The SMILES string of the molecule is O=C(COCC(F)(F)F)c1cc(Cl)c(Br)cc1F. The minimum Gasteiger partial charge on any atom is -0.364 e. The summed E-state index contributed by atoms with van der Waals surface area (Å²) >= 11 is 8.59. The molecule has 0 aromatic heterocycles. The van der Waals surface area contributed by atoms with Crippen LogP contribution >= 0.6 is 27.5 Å². The summed E-state index contributed by atoms with van der Waals surface area (Å²) < 4.78 is 53.0. The van der Waals surface area contributed by atoms with Gasteiger partial charge in [0, 0.05) is 4.47 Å². The van der Waals surface area contributed by atoms with Gasteiger partial charge in [0.25, 0.3) is 0 Å². The zero-order valence-electron chi connectivity index (χ0n) is 8.65. The van der Waals surface area contributed by atoms with Crippen LogP contribution in [-0.2, 0) is 4.74 Å². The molecule has 0 fully saturated rings. The molecule has 0 saturated carbocycles. The highest BCUT2D eigenvalue weighted by Gasteiger charge is 2.28. The van der Waals surface area contributed by atoms with Crippen LogP contribution in [0.2, 0.25) is 5.02 Å². The average molecular weight is 350 g/mol. The number of benzene rings is 1. The van der Waals surface area contributed by atoms with E-state index in [0.29, 0.717) is 0 Å². The van der Waals surface area contributed by atoms with Crippen LogP contribution < -0.4 is 0 Å². The first kappa shape index (κ1) is 15.4. The maximum atomic E-state index is 13.4. The van der Waals surface area contributed by atoms with Crippen LogP contribution in [0.5, 0.6) is 0 Å². The normalized spacial score (nSPS) is 11.7. The second kappa shape index (κ2) is 5.99. The molecule has 1 aromatic rings. The molecule has 8 heteroatoms. The van der Waals surface area contributed by atoms with E-state index in [1.807, 2.05) is 0 Å². The molecule has 0 bridgehead atoms. The molecule has 1 aromatic carbocycles. The van der Waals surface area contributed by atoms with Gasteiger partial charge in [-0.1, -0.05) is 11.6 Å². The van der Waals surface area contributed by atoms with Gasteiger partial charge < -0.3 is 4.74 Å². The Morgan fingerprint density at radius 2 is 2.00 bits per heavy atom. The van der Waals surface area contributed by atoms with Crippen LogP contribution in [0.15, 0.2) is 16.6 Å². The molecule has 0 radical (unpaired) electrons. The Bertz CT molecular complexity index is 462. The maximum Gasteiger partial charge on any atom is 0.411 e. The van der Waals surface area contributed by atoms with E-state index in [1.165, 1.54) is 0 Å². The molecule has 100 valence electrons. The Morgan fingerprint density at radius 1 is 1.39 bits per heavy atom. The van der Waals surface area contributed by atoms with Crippen molar-refractivity contribution < 1.29 is 27.1 Å². The summed E-state index contributed by atoms with van der Waals surface area (Å²) in [6.45, 7) is -2.43. The van der Waals surface area contributed by atoms with Gasteiger partial charge in [0.2, 0.25) is 0 Å². The van der Waals surface area contributed by atoms with Crippen LogP contribution in [-0.4, -0.2) is 25.2 Å². The number of hydrogen-bond acceptors (Lipinski definition) is 2. The molecular weight excluding hydrogens is 343 g/mol. The summed E-state index contributed by atoms with van der Waals surface area (Å²) in [5.41, 5.74) is -0.412. The van der Waals surface area contributed by atoms with Gasteiger partial charge in [0.15, 0.2) is 5.78 Å². The number of rotatable bonds is 4. The van der Waals surface area contributed by atoms with Gasteiger partial charge in [-0.25, -0.2) is 4.39 Å². The molecule has 0 saturated heterocycles. The van der Waals surface area contributed by atoms with Gasteiger partial charge in [-0.15, -0.1) is 0 Å². The lowest BCUT2D eigenvalue weighted by atomic mass is 10.1. The minimum absolute atomic E-state index is 0.0792. The number of ether oxygens (including phenoxy) is 1. The third-order valence-corrected chi connectivity index (χ3v) is 3.01. The predicted molar refractivity (Wildman–Crippen MR) is 60.3 cm³/mol. The van der Waals surface area contributed by atoms with E-state index in [-0.39, 0.29) is 9.50 Å². The number of hydrogen-bond donors (Lipinski definition) is 0. The zero-order valence-corrected chi connectivity index (χ0v) is 11.0. The fraction of sp³-hybridized carbons (Fsp3) is 0.300. The lowest BCUT2D eigenvalue weighted by Crippen LogP contribution is -2.20. The average Bonchev–Trinajstić information content (AvgIpc) is 2.21. The number of ketones is 1. The van der Waals surface area contributed by atoms with Gasteiger partial charge in [-0.05, 0) is 28.1 Å². The molecule has 0 heterocycles. The van der Waals surface area contributed by atoms with Crippen molar-refractivity contribution >= 4 is 33.3 Å². The van der Waals surface area contributed by atoms with E-state index in [0.717, 1.165) is 12.1 Å². The molecule has 0 aliphatic rings. The van der Waals surface area contributed by atoms with Gasteiger partial charge in [0.1, 0.15) is 19.0 Å². The molecule has 0 spiro atoms. The standard InChI is InChI=1S/C10H6BrClF4O2/c11-6-2-8(13)5(1-7(6)12)9(17)3-18-4-10(14,15)16/h1-2H,3-4H2. The van der Waals surface area contributed by atoms with Crippen LogP contribution in [0.4, 0.5) is 17.6 Å². The van der Waals surface area contributed by atoms with Crippen molar-refractivity contribution in [1.29, 1.82) is 0 Å². The van der Waals surface area contributed by atoms with Crippen molar-refractivity contribution in [1.82, 2.24) is 0 Å².